The van der Waals surface area contributed by atoms with Crippen LogP contribution >= 0.6 is 0 Å². The fourth-order valence-corrected chi connectivity index (χ4v) is 4.16. The highest BCUT2D eigenvalue weighted by molar-refractivity contribution is 5.90. The van der Waals surface area contributed by atoms with Crippen molar-refractivity contribution in [1.29, 1.82) is 0 Å². The molecule has 1 aliphatic heterocycles. The van der Waals surface area contributed by atoms with E-state index >= 15 is 0 Å². The molecule has 1 unspecified atom stereocenters. The molecule has 27 heavy (non-hydrogen) atoms. The molecular weight excluding hydrogens is 342 g/mol. The molecule has 1 aromatic rings. The zero-order chi connectivity index (χ0) is 18.9. The summed E-state index contributed by atoms with van der Waals surface area (Å²) < 4.78 is 0. The maximum Gasteiger partial charge on any atom is 0.267 e. The molecule has 3 rings (SSSR count). The van der Waals surface area contributed by atoms with Crippen LogP contribution in [0.1, 0.15) is 57.1 Å². The molecule has 7 heteroatoms. The normalized spacial score (nSPS) is 22.5. The second-order valence-corrected chi connectivity index (χ2v) is 7.74. The molecule has 2 fully saturated rings. The summed E-state index contributed by atoms with van der Waals surface area (Å²) in [6, 6.07) is 0.403. The Hall–Kier alpha value is -1.99. The van der Waals surface area contributed by atoms with Crippen LogP contribution in [-0.4, -0.2) is 51.7 Å². The van der Waals surface area contributed by atoms with E-state index in [9.17, 15) is 4.79 Å². The Kier molecular flexibility index (Phi) is 7.59. The molecule has 1 saturated heterocycles. The maximum atomic E-state index is 11.0. The topological polar surface area (TPSA) is 90.4 Å². The van der Waals surface area contributed by atoms with Gasteiger partial charge in [0.25, 0.3) is 5.91 Å². The van der Waals surface area contributed by atoms with Crippen LogP contribution < -0.4 is 10.8 Å². The van der Waals surface area contributed by atoms with Gasteiger partial charge in [-0.3, -0.25) is 15.0 Å². The molecule has 0 bridgehead atoms. The molecule has 1 atom stereocenters. The van der Waals surface area contributed by atoms with Crippen molar-refractivity contribution in [2.24, 2.45) is 5.92 Å². The Morgan fingerprint density at radius 2 is 1.96 bits per heavy atom. The van der Waals surface area contributed by atoms with Crippen molar-refractivity contribution >= 4 is 17.8 Å². The number of hydroxylamine groups is 1. The third-order valence-corrected chi connectivity index (χ3v) is 5.54. The summed E-state index contributed by atoms with van der Waals surface area (Å²) >= 11 is 0. The van der Waals surface area contributed by atoms with Gasteiger partial charge in [0.1, 0.15) is 5.82 Å². The average molecular weight is 374 g/mol. The van der Waals surface area contributed by atoms with E-state index in [4.69, 9.17) is 5.21 Å². The first-order chi connectivity index (χ1) is 13.2. The third-order valence-electron chi connectivity index (χ3n) is 5.54. The van der Waals surface area contributed by atoms with Crippen LogP contribution in [0.3, 0.4) is 0 Å². The molecule has 3 N–H and O–H groups in total. The molecule has 1 saturated carbocycles. The van der Waals surface area contributed by atoms with Crippen molar-refractivity contribution in [2.75, 3.05) is 25.0 Å². The Morgan fingerprint density at radius 1 is 1.15 bits per heavy atom. The number of anilines is 1. The largest absolute Gasteiger partial charge is 0.365 e. The summed E-state index contributed by atoms with van der Waals surface area (Å²) in [5.41, 5.74) is 2.12. The van der Waals surface area contributed by atoms with E-state index in [1.165, 1.54) is 70.2 Å². The Balaban J connectivity index is 1.48. The Labute approximate surface area is 161 Å². The van der Waals surface area contributed by atoms with Gasteiger partial charge in [-0.05, 0) is 44.2 Å². The predicted octanol–water partition coefficient (Wildman–Crippen LogP) is 2.84. The minimum Gasteiger partial charge on any atom is -0.365 e. The van der Waals surface area contributed by atoms with Gasteiger partial charge in [-0.15, -0.1) is 0 Å². The number of hydrogen-bond donors (Lipinski definition) is 3. The fourth-order valence-electron chi connectivity index (χ4n) is 4.16. The molecule has 0 aromatic carbocycles. The average Bonchev–Trinajstić information content (AvgIpc) is 2.96. The standard InChI is InChI=1S/C20H31N5O2/c26-20(24-27)10-9-17-12-22-19(13-21-17)23-18-8-5-11-25(15-18)14-16-6-3-1-2-4-7-16/h9-10,12-13,16,18,27H,1-8,11,14-15H2,(H,22,23)(H,24,26)/b10-9+. The van der Waals surface area contributed by atoms with Crippen LogP contribution in [0.15, 0.2) is 18.5 Å². The molecule has 2 aliphatic rings. The van der Waals surface area contributed by atoms with Gasteiger partial charge >= 0.3 is 0 Å². The highest BCUT2D eigenvalue weighted by Crippen LogP contribution is 2.25. The number of nitrogens with one attached hydrogen (secondary N) is 2. The van der Waals surface area contributed by atoms with Crippen molar-refractivity contribution in [3.63, 3.8) is 0 Å². The first-order valence-corrected chi connectivity index (χ1v) is 10.2. The van der Waals surface area contributed by atoms with Gasteiger partial charge in [-0.2, -0.15) is 0 Å². The van der Waals surface area contributed by atoms with E-state index in [1.54, 1.807) is 17.9 Å². The number of amides is 1. The number of hydrogen-bond acceptors (Lipinski definition) is 6. The molecule has 148 valence electrons. The zero-order valence-electron chi connectivity index (χ0n) is 15.9. The monoisotopic (exact) mass is 373 g/mol. The van der Waals surface area contributed by atoms with Gasteiger partial charge in [0.15, 0.2) is 0 Å². The first kappa shape index (κ1) is 19.8. The predicted molar refractivity (Wildman–Crippen MR) is 105 cm³/mol. The van der Waals surface area contributed by atoms with Crippen molar-refractivity contribution in [2.45, 2.75) is 57.4 Å². The van der Waals surface area contributed by atoms with E-state index in [0.29, 0.717) is 11.7 Å². The Morgan fingerprint density at radius 3 is 2.67 bits per heavy atom. The lowest BCUT2D eigenvalue weighted by Gasteiger charge is -2.35. The summed E-state index contributed by atoms with van der Waals surface area (Å²) in [5.74, 6) is 1.04. The molecule has 1 aliphatic carbocycles. The highest BCUT2D eigenvalue weighted by Gasteiger charge is 2.23. The van der Waals surface area contributed by atoms with E-state index in [1.807, 2.05) is 0 Å². The van der Waals surface area contributed by atoms with Crippen molar-refractivity contribution in [3.8, 4) is 0 Å². The second kappa shape index (κ2) is 10.4. The fraction of sp³-hybridized carbons (Fsp3) is 0.650. The van der Waals surface area contributed by atoms with E-state index in [-0.39, 0.29) is 0 Å². The quantitative estimate of drug-likeness (QED) is 0.307. The van der Waals surface area contributed by atoms with Gasteiger partial charge in [0.05, 0.1) is 18.1 Å². The number of aromatic nitrogens is 2. The SMILES string of the molecule is O=C(/C=C/c1cnc(NC2CCCN(CC3CCCCCC3)C2)cn1)NO. The molecule has 1 aromatic heterocycles. The van der Waals surface area contributed by atoms with Crippen LogP contribution in [-0.2, 0) is 4.79 Å². The molecule has 2 heterocycles. The lowest BCUT2D eigenvalue weighted by atomic mass is 9.97. The van der Waals surface area contributed by atoms with Crippen molar-refractivity contribution < 1.29 is 10.0 Å². The molecular formula is C20H31N5O2. The number of piperidine rings is 1. The minimum atomic E-state index is -0.588. The molecule has 1 amide bonds. The van der Waals surface area contributed by atoms with Crippen LogP contribution in [0, 0.1) is 5.92 Å². The summed E-state index contributed by atoms with van der Waals surface area (Å²) in [6.45, 7) is 3.51. The van der Waals surface area contributed by atoms with Crippen LogP contribution in [0.4, 0.5) is 5.82 Å². The maximum absolute atomic E-state index is 11.0. The number of rotatable bonds is 6. The number of carbonyl (C=O) groups excluding carboxylic acids is 1. The lowest BCUT2D eigenvalue weighted by molar-refractivity contribution is -0.124. The Bertz CT molecular complexity index is 611. The van der Waals surface area contributed by atoms with Crippen LogP contribution in [0.25, 0.3) is 6.08 Å². The van der Waals surface area contributed by atoms with E-state index in [0.717, 1.165) is 24.7 Å². The number of carbonyl (C=O) groups is 1. The first-order valence-electron chi connectivity index (χ1n) is 10.2. The lowest BCUT2D eigenvalue weighted by Crippen LogP contribution is -2.44. The summed E-state index contributed by atoms with van der Waals surface area (Å²) in [6.07, 6.45) is 16.8. The number of likely N-dealkylation sites (tertiary alicyclic amines) is 1. The van der Waals surface area contributed by atoms with Crippen molar-refractivity contribution in [3.05, 3.63) is 24.2 Å². The minimum absolute atomic E-state index is 0.403. The van der Waals surface area contributed by atoms with Gasteiger partial charge in [-0.25, -0.2) is 10.5 Å². The van der Waals surface area contributed by atoms with E-state index in [2.05, 4.69) is 20.2 Å². The van der Waals surface area contributed by atoms with Gasteiger partial charge in [0.2, 0.25) is 0 Å². The zero-order valence-corrected chi connectivity index (χ0v) is 15.9. The van der Waals surface area contributed by atoms with Crippen LogP contribution in [0.5, 0.6) is 0 Å². The van der Waals surface area contributed by atoms with Gasteiger partial charge < -0.3 is 10.2 Å². The van der Waals surface area contributed by atoms with E-state index < -0.39 is 5.91 Å². The summed E-state index contributed by atoms with van der Waals surface area (Å²) in [5, 5.41) is 12.0. The summed E-state index contributed by atoms with van der Waals surface area (Å²) in [4.78, 5) is 22.3. The van der Waals surface area contributed by atoms with Gasteiger partial charge in [0, 0.05) is 25.2 Å². The second-order valence-electron chi connectivity index (χ2n) is 7.74. The summed E-state index contributed by atoms with van der Waals surface area (Å²) in [7, 11) is 0. The molecule has 0 radical (unpaired) electrons. The molecule has 7 nitrogen and oxygen atoms in total. The third kappa shape index (κ3) is 6.59. The number of nitrogens with zero attached hydrogens (tertiary/aromatic N) is 3. The van der Waals surface area contributed by atoms with Crippen LogP contribution in [0.2, 0.25) is 0 Å². The highest BCUT2D eigenvalue weighted by atomic mass is 16.5. The molecule has 0 spiro atoms. The smallest absolute Gasteiger partial charge is 0.267 e. The van der Waals surface area contributed by atoms with Crippen molar-refractivity contribution in [1.82, 2.24) is 20.3 Å². The van der Waals surface area contributed by atoms with Gasteiger partial charge in [-0.1, -0.05) is 25.7 Å².